The summed E-state index contributed by atoms with van der Waals surface area (Å²) in [7, 11) is 0. The van der Waals surface area contributed by atoms with Crippen molar-refractivity contribution in [3.8, 4) is 0 Å². The maximum atomic E-state index is 13.0. The summed E-state index contributed by atoms with van der Waals surface area (Å²) in [5.41, 5.74) is 0. The SMILES string of the molecule is CCC(F)(F)C1C=CCCC1. The van der Waals surface area contributed by atoms with Gasteiger partial charge in [0, 0.05) is 12.3 Å². The summed E-state index contributed by atoms with van der Waals surface area (Å²) in [6.45, 7) is 1.54. The molecule has 0 saturated heterocycles. The number of allylic oxidation sites excluding steroid dienone is 2. The first-order valence-electron chi connectivity index (χ1n) is 4.21. The molecule has 0 nitrogen and oxygen atoms in total. The minimum Gasteiger partial charge on any atom is -0.206 e. The molecule has 11 heavy (non-hydrogen) atoms. The quantitative estimate of drug-likeness (QED) is 0.543. The molecular weight excluding hydrogens is 146 g/mol. The predicted octanol–water partition coefficient (Wildman–Crippen LogP) is 3.39. The maximum absolute atomic E-state index is 13.0. The largest absolute Gasteiger partial charge is 0.254 e. The van der Waals surface area contributed by atoms with Crippen LogP contribution in [0.4, 0.5) is 8.78 Å². The van der Waals surface area contributed by atoms with Crippen LogP contribution >= 0.6 is 0 Å². The third-order valence-electron chi connectivity index (χ3n) is 2.27. The smallest absolute Gasteiger partial charge is 0.206 e. The topological polar surface area (TPSA) is 0 Å². The van der Waals surface area contributed by atoms with Gasteiger partial charge in [0.05, 0.1) is 0 Å². The molecule has 0 spiro atoms. The van der Waals surface area contributed by atoms with E-state index >= 15 is 0 Å². The van der Waals surface area contributed by atoms with Gasteiger partial charge in [-0.2, -0.15) is 0 Å². The van der Waals surface area contributed by atoms with E-state index in [-0.39, 0.29) is 6.42 Å². The fourth-order valence-corrected chi connectivity index (χ4v) is 1.43. The molecule has 2 heteroatoms. The Balaban J connectivity index is 2.57. The summed E-state index contributed by atoms with van der Waals surface area (Å²) in [5.74, 6) is -2.97. The zero-order valence-electron chi connectivity index (χ0n) is 6.82. The minimum absolute atomic E-state index is 0.0397. The van der Waals surface area contributed by atoms with Crippen molar-refractivity contribution < 1.29 is 8.78 Å². The van der Waals surface area contributed by atoms with Gasteiger partial charge in [-0.1, -0.05) is 19.1 Å². The monoisotopic (exact) mass is 160 g/mol. The van der Waals surface area contributed by atoms with Crippen molar-refractivity contribution >= 4 is 0 Å². The van der Waals surface area contributed by atoms with Crippen molar-refractivity contribution in [3.63, 3.8) is 0 Å². The molecule has 0 fully saturated rings. The normalized spacial score (nSPS) is 25.5. The molecule has 0 aromatic carbocycles. The van der Waals surface area contributed by atoms with E-state index in [1.54, 1.807) is 13.0 Å². The van der Waals surface area contributed by atoms with Crippen molar-refractivity contribution in [2.24, 2.45) is 5.92 Å². The lowest BCUT2D eigenvalue weighted by Crippen LogP contribution is -2.26. The second-order valence-electron chi connectivity index (χ2n) is 3.08. The number of hydrogen-bond acceptors (Lipinski definition) is 0. The van der Waals surface area contributed by atoms with Gasteiger partial charge in [-0.05, 0) is 19.3 Å². The highest BCUT2D eigenvalue weighted by Gasteiger charge is 2.35. The maximum Gasteiger partial charge on any atom is 0.254 e. The van der Waals surface area contributed by atoms with E-state index in [4.69, 9.17) is 0 Å². The summed E-state index contributed by atoms with van der Waals surface area (Å²) in [4.78, 5) is 0. The second-order valence-corrected chi connectivity index (χ2v) is 3.08. The first kappa shape index (κ1) is 8.69. The number of halogens is 2. The Morgan fingerprint density at radius 1 is 1.55 bits per heavy atom. The molecular formula is C9H14F2. The zero-order chi connectivity index (χ0) is 8.32. The molecule has 1 aliphatic rings. The van der Waals surface area contributed by atoms with Crippen LogP contribution in [0.3, 0.4) is 0 Å². The Bertz CT molecular complexity index is 150. The van der Waals surface area contributed by atoms with E-state index in [1.807, 2.05) is 6.08 Å². The van der Waals surface area contributed by atoms with Gasteiger partial charge >= 0.3 is 0 Å². The molecule has 0 radical (unpaired) electrons. The molecule has 1 atom stereocenters. The van der Waals surface area contributed by atoms with Crippen LogP contribution in [-0.2, 0) is 0 Å². The summed E-state index contributed by atoms with van der Waals surface area (Å²) in [5, 5.41) is 0. The van der Waals surface area contributed by atoms with Crippen LogP contribution in [0.5, 0.6) is 0 Å². The molecule has 0 saturated carbocycles. The average Bonchev–Trinajstić information content (AvgIpc) is 2.06. The third-order valence-corrected chi connectivity index (χ3v) is 2.27. The van der Waals surface area contributed by atoms with E-state index in [1.165, 1.54) is 0 Å². The lowest BCUT2D eigenvalue weighted by molar-refractivity contribution is -0.0480. The van der Waals surface area contributed by atoms with Crippen LogP contribution < -0.4 is 0 Å². The van der Waals surface area contributed by atoms with Crippen molar-refractivity contribution in [3.05, 3.63) is 12.2 Å². The van der Waals surface area contributed by atoms with Gasteiger partial charge in [0.15, 0.2) is 0 Å². The summed E-state index contributed by atoms with van der Waals surface area (Å²) in [6.07, 6.45) is 6.04. The summed E-state index contributed by atoms with van der Waals surface area (Å²) < 4.78 is 26.0. The average molecular weight is 160 g/mol. The molecule has 1 unspecified atom stereocenters. The molecule has 1 rings (SSSR count). The fraction of sp³-hybridized carbons (Fsp3) is 0.778. The number of alkyl halides is 2. The fourth-order valence-electron chi connectivity index (χ4n) is 1.43. The van der Waals surface area contributed by atoms with Crippen LogP contribution in [0.25, 0.3) is 0 Å². The van der Waals surface area contributed by atoms with E-state index in [2.05, 4.69) is 0 Å². The Morgan fingerprint density at radius 3 is 2.73 bits per heavy atom. The molecule has 0 N–H and O–H groups in total. The van der Waals surface area contributed by atoms with Gasteiger partial charge in [-0.15, -0.1) is 0 Å². The van der Waals surface area contributed by atoms with E-state index in [0.29, 0.717) is 6.42 Å². The molecule has 1 aliphatic carbocycles. The Labute approximate surface area is 66.3 Å². The highest BCUT2D eigenvalue weighted by Crippen LogP contribution is 2.34. The lowest BCUT2D eigenvalue weighted by Gasteiger charge is -2.25. The Kier molecular flexibility index (Phi) is 2.63. The van der Waals surface area contributed by atoms with Crippen molar-refractivity contribution in [1.29, 1.82) is 0 Å². The van der Waals surface area contributed by atoms with Crippen molar-refractivity contribution in [1.82, 2.24) is 0 Å². The Hall–Kier alpha value is -0.400. The van der Waals surface area contributed by atoms with E-state index < -0.39 is 11.8 Å². The zero-order valence-corrected chi connectivity index (χ0v) is 6.82. The van der Waals surface area contributed by atoms with Gasteiger partial charge < -0.3 is 0 Å². The standard InChI is InChI=1S/C9H14F2/c1-2-9(10,11)8-6-4-3-5-7-8/h4,6,8H,2-3,5,7H2,1H3. The molecule has 0 amide bonds. The van der Waals surface area contributed by atoms with Crippen LogP contribution in [0.2, 0.25) is 0 Å². The van der Waals surface area contributed by atoms with Crippen molar-refractivity contribution in [2.45, 2.75) is 38.5 Å². The number of hydrogen-bond donors (Lipinski definition) is 0. The van der Waals surface area contributed by atoms with Crippen LogP contribution in [0.1, 0.15) is 32.6 Å². The molecule has 0 aromatic rings. The van der Waals surface area contributed by atoms with Crippen LogP contribution in [-0.4, -0.2) is 5.92 Å². The third kappa shape index (κ3) is 2.01. The van der Waals surface area contributed by atoms with E-state index in [9.17, 15) is 8.78 Å². The van der Waals surface area contributed by atoms with Crippen LogP contribution in [0.15, 0.2) is 12.2 Å². The van der Waals surface area contributed by atoms with Crippen LogP contribution in [0, 0.1) is 5.92 Å². The van der Waals surface area contributed by atoms with Crippen molar-refractivity contribution in [2.75, 3.05) is 0 Å². The molecule has 0 bridgehead atoms. The Morgan fingerprint density at radius 2 is 2.27 bits per heavy atom. The van der Waals surface area contributed by atoms with Gasteiger partial charge in [0.2, 0.25) is 0 Å². The summed E-state index contributed by atoms with van der Waals surface area (Å²) in [6, 6.07) is 0. The summed E-state index contributed by atoms with van der Waals surface area (Å²) >= 11 is 0. The predicted molar refractivity (Wildman–Crippen MR) is 41.7 cm³/mol. The molecule has 64 valence electrons. The van der Waals surface area contributed by atoms with E-state index in [0.717, 1.165) is 12.8 Å². The first-order chi connectivity index (χ1) is 5.17. The minimum atomic E-state index is -2.48. The van der Waals surface area contributed by atoms with Gasteiger partial charge in [0.1, 0.15) is 0 Å². The van der Waals surface area contributed by atoms with Gasteiger partial charge in [-0.25, -0.2) is 8.78 Å². The van der Waals surface area contributed by atoms with Gasteiger partial charge in [0.25, 0.3) is 5.92 Å². The molecule has 0 heterocycles. The lowest BCUT2D eigenvalue weighted by atomic mass is 9.89. The molecule has 0 aliphatic heterocycles. The highest BCUT2D eigenvalue weighted by molar-refractivity contribution is 4.98. The first-order valence-corrected chi connectivity index (χ1v) is 4.21. The second kappa shape index (κ2) is 3.33. The number of rotatable bonds is 2. The van der Waals surface area contributed by atoms with Gasteiger partial charge in [-0.3, -0.25) is 0 Å². The highest BCUT2D eigenvalue weighted by atomic mass is 19.3. The molecule has 0 aromatic heterocycles.